The molecule has 0 unspecified atom stereocenters. The number of amides is 2. The van der Waals surface area contributed by atoms with Crippen molar-refractivity contribution in [2.24, 2.45) is 5.92 Å². The molecule has 4 nitrogen and oxygen atoms in total. The van der Waals surface area contributed by atoms with Crippen LogP contribution in [-0.2, 0) is 0 Å². The number of carbonyl (C=O) groups is 1. The van der Waals surface area contributed by atoms with E-state index in [0.717, 1.165) is 12.8 Å². The van der Waals surface area contributed by atoms with Crippen LogP contribution in [0.4, 0.5) is 14.9 Å². The summed E-state index contributed by atoms with van der Waals surface area (Å²) in [5.74, 6) is 5.18. The summed E-state index contributed by atoms with van der Waals surface area (Å²) in [6, 6.07) is 4.08. The van der Waals surface area contributed by atoms with Gasteiger partial charge >= 0.3 is 6.03 Å². The smallest absolute Gasteiger partial charge is 0.321 e. The number of hydrogen-bond donors (Lipinski definition) is 2. The molecule has 0 aromatic heterocycles. The summed E-state index contributed by atoms with van der Waals surface area (Å²) < 4.78 is 13.9. The Kier molecular flexibility index (Phi) is 5.18. The van der Waals surface area contributed by atoms with E-state index >= 15 is 0 Å². The minimum Gasteiger partial charge on any atom is -0.384 e. The quantitative estimate of drug-likeness (QED) is 0.781. The second kappa shape index (κ2) is 7.09. The number of hydrogen-bond acceptors (Lipinski definition) is 2. The van der Waals surface area contributed by atoms with Crippen LogP contribution in [0.5, 0.6) is 0 Å². The number of aliphatic hydroxyl groups excluding tert-OH is 1. The molecule has 0 spiro atoms. The van der Waals surface area contributed by atoms with Crippen LogP contribution in [0, 0.1) is 23.6 Å². The Morgan fingerprint density at radius 3 is 2.81 bits per heavy atom. The molecule has 1 saturated heterocycles. The van der Waals surface area contributed by atoms with Gasteiger partial charge in [0.1, 0.15) is 12.4 Å². The zero-order valence-corrected chi connectivity index (χ0v) is 12.0. The Morgan fingerprint density at radius 1 is 1.48 bits per heavy atom. The highest BCUT2D eigenvalue weighted by atomic mass is 19.1. The number of nitrogens with one attached hydrogen (secondary N) is 1. The Hall–Kier alpha value is -2.06. The number of anilines is 1. The van der Waals surface area contributed by atoms with Gasteiger partial charge in [-0.15, -0.1) is 0 Å². The Morgan fingerprint density at radius 2 is 2.19 bits per heavy atom. The van der Waals surface area contributed by atoms with Gasteiger partial charge in [-0.05, 0) is 37.0 Å². The molecule has 112 valence electrons. The zero-order chi connectivity index (χ0) is 15.2. The number of nitrogens with zero attached hydrogens (tertiary/aromatic N) is 1. The average Bonchev–Trinajstić information content (AvgIpc) is 2.48. The van der Waals surface area contributed by atoms with Gasteiger partial charge in [0.2, 0.25) is 0 Å². The number of carbonyl (C=O) groups excluding carboxylic acids is 1. The topological polar surface area (TPSA) is 52.6 Å². The van der Waals surface area contributed by atoms with E-state index in [1.165, 1.54) is 12.1 Å². The molecule has 1 fully saturated rings. The molecule has 0 atom stereocenters. The third-order valence-electron chi connectivity index (χ3n) is 3.59. The standard InChI is InChI=1S/C16H19FN2O2/c1-12-6-8-19(9-7-12)16(21)18-15-5-4-13(3-2-10-20)11-14(15)17/h4-5,11-12,20H,6-10H2,1H3,(H,18,21). The molecule has 1 aliphatic heterocycles. The molecular formula is C16H19FN2O2. The number of urea groups is 1. The van der Waals surface area contributed by atoms with E-state index < -0.39 is 5.82 Å². The summed E-state index contributed by atoms with van der Waals surface area (Å²) in [7, 11) is 0. The first kappa shape index (κ1) is 15.3. The molecule has 1 aromatic carbocycles. The summed E-state index contributed by atoms with van der Waals surface area (Å²) in [6.45, 7) is 3.30. The van der Waals surface area contributed by atoms with Crippen molar-refractivity contribution >= 4 is 11.7 Å². The highest BCUT2D eigenvalue weighted by Gasteiger charge is 2.20. The normalized spacial score (nSPS) is 15.3. The maximum absolute atomic E-state index is 13.9. The lowest BCUT2D eigenvalue weighted by molar-refractivity contribution is 0.186. The molecule has 1 aliphatic rings. The minimum absolute atomic E-state index is 0.146. The SMILES string of the molecule is CC1CCN(C(=O)Nc2ccc(C#CCO)cc2F)CC1. The van der Waals surface area contributed by atoms with Crippen LogP contribution in [-0.4, -0.2) is 35.7 Å². The van der Waals surface area contributed by atoms with Crippen molar-refractivity contribution < 1.29 is 14.3 Å². The van der Waals surface area contributed by atoms with Crippen LogP contribution in [0.1, 0.15) is 25.3 Å². The number of rotatable bonds is 1. The lowest BCUT2D eigenvalue weighted by atomic mass is 10.00. The molecule has 0 saturated carbocycles. The van der Waals surface area contributed by atoms with Crippen molar-refractivity contribution in [2.45, 2.75) is 19.8 Å². The molecule has 2 rings (SSSR count). The first-order valence-corrected chi connectivity index (χ1v) is 7.05. The molecule has 0 radical (unpaired) electrons. The summed E-state index contributed by atoms with van der Waals surface area (Å²) in [6.07, 6.45) is 1.96. The third kappa shape index (κ3) is 4.20. The Labute approximate surface area is 124 Å². The molecule has 1 heterocycles. The molecule has 21 heavy (non-hydrogen) atoms. The van der Waals surface area contributed by atoms with Gasteiger partial charge in [0, 0.05) is 18.7 Å². The third-order valence-corrected chi connectivity index (χ3v) is 3.59. The van der Waals surface area contributed by atoms with Crippen LogP contribution >= 0.6 is 0 Å². The van der Waals surface area contributed by atoms with E-state index in [-0.39, 0.29) is 18.3 Å². The Balaban J connectivity index is 2.01. The number of benzene rings is 1. The van der Waals surface area contributed by atoms with Crippen LogP contribution < -0.4 is 5.32 Å². The molecule has 0 bridgehead atoms. The van der Waals surface area contributed by atoms with Crippen molar-refractivity contribution in [1.29, 1.82) is 0 Å². The maximum Gasteiger partial charge on any atom is 0.321 e. The van der Waals surface area contributed by atoms with Gasteiger partial charge in [-0.1, -0.05) is 18.8 Å². The fraction of sp³-hybridized carbons (Fsp3) is 0.438. The van der Waals surface area contributed by atoms with Crippen molar-refractivity contribution in [3.05, 3.63) is 29.6 Å². The van der Waals surface area contributed by atoms with Crippen molar-refractivity contribution in [2.75, 3.05) is 25.0 Å². The summed E-state index contributed by atoms with van der Waals surface area (Å²) in [4.78, 5) is 13.8. The maximum atomic E-state index is 13.9. The predicted molar refractivity (Wildman–Crippen MR) is 79.4 cm³/mol. The van der Waals surface area contributed by atoms with E-state index in [2.05, 4.69) is 24.1 Å². The van der Waals surface area contributed by atoms with E-state index in [9.17, 15) is 9.18 Å². The van der Waals surface area contributed by atoms with E-state index in [1.54, 1.807) is 11.0 Å². The Bertz CT molecular complexity index is 569. The molecule has 0 aliphatic carbocycles. The van der Waals surface area contributed by atoms with Gasteiger partial charge in [-0.3, -0.25) is 0 Å². The fourth-order valence-corrected chi connectivity index (χ4v) is 2.24. The van der Waals surface area contributed by atoms with Crippen LogP contribution in [0.15, 0.2) is 18.2 Å². The highest BCUT2D eigenvalue weighted by molar-refractivity contribution is 5.89. The number of piperidine rings is 1. The number of halogens is 1. The molecule has 5 heteroatoms. The molecular weight excluding hydrogens is 271 g/mol. The number of likely N-dealkylation sites (tertiary alicyclic amines) is 1. The van der Waals surface area contributed by atoms with Crippen molar-refractivity contribution in [1.82, 2.24) is 4.90 Å². The first-order valence-electron chi connectivity index (χ1n) is 7.05. The van der Waals surface area contributed by atoms with Crippen molar-refractivity contribution in [3.63, 3.8) is 0 Å². The van der Waals surface area contributed by atoms with Gasteiger partial charge in [0.05, 0.1) is 5.69 Å². The second-order valence-corrected chi connectivity index (χ2v) is 5.25. The minimum atomic E-state index is -0.529. The van der Waals surface area contributed by atoms with Crippen LogP contribution in [0.3, 0.4) is 0 Å². The second-order valence-electron chi connectivity index (χ2n) is 5.25. The van der Waals surface area contributed by atoms with Gasteiger partial charge in [-0.2, -0.15) is 0 Å². The van der Waals surface area contributed by atoms with Crippen molar-refractivity contribution in [3.8, 4) is 11.8 Å². The molecule has 2 N–H and O–H groups in total. The monoisotopic (exact) mass is 290 g/mol. The largest absolute Gasteiger partial charge is 0.384 e. The lowest BCUT2D eigenvalue weighted by Gasteiger charge is -2.30. The molecule has 1 aromatic rings. The van der Waals surface area contributed by atoms with E-state index in [0.29, 0.717) is 24.6 Å². The first-order chi connectivity index (χ1) is 10.1. The summed E-state index contributed by atoms with van der Waals surface area (Å²) in [5, 5.41) is 11.2. The predicted octanol–water partition coefficient (Wildman–Crippen LogP) is 2.43. The zero-order valence-electron chi connectivity index (χ0n) is 12.0. The fourth-order valence-electron chi connectivity index (χ4n) is 2.24. The highest BCUT2D eigenvalue weighted by Crippen LogP contribution is 2.19. The molecule has 2 amide bonds. The van der Waals surface area contributed by atoms with E-state index in [1.807, 2.05) is 0 Å². The van der Waals surface area contributed by atoms with Crippen LogP contribution in [0.25, 0.3) is 0 Å². The summed E-state index contributed by atoms with van der Waals surface area (Å²) in [5.41, 5.74) is 0.611. The van der Waals surface area contributed by atoms with Gasteiger partial charge in [0.25, 0.3) is 0 Å². The number of aliphatic hydroxyl groups is 1. The average molecular weight is 290 g/mol. The van der Waals surface area contributed by atoms with E-state index in [4.69, 9.17) is 5.11 Å². The van der Waals surface area contributed by atoms with Crippen LogP contribution in [0.2, 0.25) is 0 Å². The lowest BCUT2D eigenvalue weighted by Crippen LogP contribution is -2.40. The van der Waals surface area contributed by atoms with Gasteiger partial charge < -0.3 is 15.3 Å². The summed E-state index contributed by atoms with van der Waals surface area (Å²) >= 11 is 0. The van der Waals surface area contributed by atoms with Gasteiger partial charge in [-0.25, -0.2) is 9.18 Å². The van der Waals surface area contributed by atoms with Gasteiger partial charge in [0.15, 0.2) is 0 Å².